The largest absolute Gasteiger partial charge is 0.472 e. The second kappa shape index (κ2) is 75.9. The highest BCUT2D eigenvalue weighted by Gasteiger charge is 2.30. The van der Waals surface area contributed by atoms with Crippen molar-refractivity contribution in [3.63, 3.8) is 0 Å². The molecule has 19 heteroatoms. The number of carbonyl (C=O) groups is 4. The van der Waals surface area contributed by atoms with Crippen LogP contribution in [0, 0.1) is 11.8 Å². The van der Waals surface area contributed by atoms with Gasteiger partial charge < -0.3 is 33.8 Å². The number of aliphatic hydroxyl groups excluding tert-OH is 1. The summed E-state index contributed by atoms with van der Waals surface area (Å²) in [6.45, 7) is 9.60. The van der Waals surface area contributed by atoms with Gasteiger partial charge in [0.1, 0.15) is 19.3 Å². The molecule has 6 atom stereocenters. The van der Waals surface area contributed by atoms with Crippen LogP contribution in [-0.2, 0) is 65.4 Å². The molecule has 0 aliphatic heterocycles. The topological polar surface area (TPSA) is 237 Å². The molecule has 0 aliphatic carbocycles. The van der Waals surface area contributed by atoms with Gasteiger partial charge in [0.25, 0.3) is 0 Å². The van der Waals surface area contributed by atoms with E-state index in [1.165, 1.54) is 225 Å². The maximum absolute atomic E-state index is 13.1. The Kier molecular flexibility index (Phi) is 74.1. The summed E-state index contributed by atoms with van der Waals surface area (Å²) in [5.41, 5.74) is 0. The van der Waals surface area contributed by atoms with E-state index in [1.807, 2.05) is 0 Å². The summed E-state index contributed by atoms with van der Waals surface area (Å²) >= 11 is 0. The quantitative estimate of drug-likeness (QED) is 0.0169. The van der Waals surface area contributed by atoms with Crippen LogP contribution in [-0.4, -0.2) is 96.7 Å². The first-order valence-corrected chi connectivity index (χ1v) is 46.3. The van der Waals surface area contributed by atoms with Gasteiger partial charge in [-0.3, -0.25) is 37.3 Å². The van der Waals surface area contributed by atoms with Crippen LogP contribution in [0.2, 0.25) is 0 Å². The number of aliphatic hydroxyl groups is 1. The minimum Gasteiger partial charge on any atom is -0.462 e. The van der Waals surface area contributed by atoms with Gasteiger partial charge in [-0.2, -0.15) is 0 Å². The second-order valence-electron chi connectivity index (χ2n) is 30.6. The molecular formula is C85H162O17P2. The van der Waals surface area contributed by atoms with Gasteiger partial charge in [-0.25, -0.2) is 9.13 Å². The Morgan fingerprint density at radius 3 is 0.865 bits per heavy atom. The molecule has 3 unspecified atom stereocenters. The van der Waals surface area contributed by atoms with E-state index >= 15 is 0 Å². The van der Waals surface area contributed by atoms with Crippen LogP contribution in [0.1, 0.15) is 427 Å². The van der Waals surface area contributed by atoms with Crippen molar-refractivity contribution in [2.45, 2.75) is 445 Å². The van der Waals surface area contributed by atoms with Crippen LogP contribution in [0.15, 0.2) is 24.3 Å². The van der Waals surface area contributed by atoms with Crippen molar-refractivity contribution in [2.24, 2.45) is 11.8 Å². The molecule has 0 saturated heterocycles. The SMILES string of the molecule is CCCCCC/C=C\C=C/CCCCCCCC(=O)OC[C@H](COP(=O)(O)OC[C@@H](O)COP(=O)(O)OC[C@@H](COC(=O)CCCCCCCCCCC(C)CC)OC(=O)CCCCCCCCCCCCCCC(C)C)OC(=O)CCCCCCCCCCCCCCCCCCCCCCCC. The van der Waals surface area contributed by atoms with E-state index in [2.05, 4.69) is 65.8 Å². The summed E-state index contributed by atoms with van der Waals surface area (Å²) in [6.07, 6.45) is 70.2. The molecule has 0 bridgehead atoms. The predicted octanol–water partition coefficient (Wildman–Crippen LogP) is 25.4. The molecule has 0 rings (SSSR count). The summed E-state index contributed by atoms with van der Waals surface area (Å²) in [5.74, 6) is -0.585. The highest BCUT2D eigenvalue weighted by atomic mass is 31.2. The van der Waals surface area contributed by atoms with Crippen molar-refractivity contribution in [1.29, 1.82) is 0 Å². The van der Waals surface area contributed by atoms with Crippen LogP contribution in [0.3, 0.4) is 0 Å². The van der Waals surface area contributed by atoms with Gasteiger partial charge in [0.2, 0.25) is 0 Å². The standard InChI is InChI=1S/C85H162O17P2/c1-7-10-12-14-16-18-20-22-24-25-26-27-28-29-30-32-34-39-43-51-57-63-69-84(89)101-80(73-95-82(87)67-61-55-49-42-38-33-31-23-21-19-17-15-13-11-8-2)75-99-103(91,92)97-71-79(86)72-98-104(93,94)100-76-81(74-96-83(88)68-62-56-50-46-45-48-54-60-66-78(6)9-3)102-85(90)70-64-58-52-44-40-36-35-37-41-47-53-59-65-77(4)5/h19,21,23,31,77-81,86H,7-18,20,22,24-30,32-76H2,1-6H3,(H,91,92)(H,93,94)/b21-19-,31-23-/t78?,79-,80-,81-/m1/s1. The molecule has 3 N–H and O–H groups in total. The molecule has 0 saturated carbocycles. The molecule has 0 amide bonds. The average Bonchev–Trinajstić information content (AvgIpc) is 0.975. The third-order valence-electron chi connectivity index (χ3n) is 19.7. The maximum Gasteiger partial charge on any atom is 0.472 e. The van der Waals surface area contributed by atoms with Crippen molar-refractivity contribution >= 4 is 39.5 Å². The van der Waals surface area contributed by atoms with Gasteiger partial charge in [-0.15, -0.1) is 0 Å². The summed E-state index contributed by atoms with van der Waals surface area (Å²) in [6, 6.07) is 0. The Morgan fingerprint density at radius 1 is 0.317 bits per heavy atom. The highest BCUT2D eigenvalue weighted by Crippen LogP contribution is 2.45. The summed E-state index contributed by atoms with van der Waals surface area (Å²) < 4.78 is 68.8. The lowest BCUT2D eigenvalue weighted by Crippen LogP contribution is -2.30. The van der Waals surface area contributed by atoms with E-state index in [1.54, 1.807) is 0 Å². The van der Waals surface area contributed by atoms with Crippen LogP contribution in [0.5, 0.6) is 0 Å². The van der Waals surface area contributed by atoms with Gasteiger partial charge in [0, 0.05) is 25.7 Å². The fraction of sp³-hybridized carbons (Fsp3) is 0.906. The molecular weight excluding hydrogens is 1350 g/mol. The van der Waals surface area contributed by atoms with E-state index in [0.717, 1.165) is 121 Å². The van der Waals surface area contributed by atoms with Crippen LogP contribution >= 0.6 is 15.6 Å². The summed E-state index contributed by atoms with van der Waals surface area (Å²) in [5, 5.41) is 10.7. The summed E-state index contributed by atoms with van der Waals surface area (Å²) in [4.78, 5) is 73.2. The fourth-order valence-corrected chi connectivity index (χ4v) is 14.3. The minimum absolute atomic E-state index is 0.102. The zero-order valence-corrected chi connectivity index (χ0v) is 69.6. The third kappa shape index (κ3) is 76.3. The molecule has 0 fully saturated rings. The molecule has 0 heterocycles. The van der Waals surface area contributed by atoms with Gasteiger partial charge in [-0.05, 0) is 63.2 Å². The number of hydrogen-bond acceptors (Lipinski definition) is 15. The average molecular weight is 1520 g/mol. The van der Waals surface area contributed by atoms with Crippen LogP contribution in [0.4, 0.5) is 0 Å². The number of ether oxygens (including phenoxy) is 4. The zero-order valence-electron chi connectivity index (χ0n) is 67.8. The molecule has 614 valence electrons. The highest BCUT2D eigenvalue weighted by molar-refractivity contribution is 7.47. The van der Waals surface area contributed by atoms with Crippen LogP contribution < -0.4 is 0 Å². The number of carbonyl (C=O) groups excluding carboxylic acids is 4. The first-order chi connectivity index (χ1) is 50.4. The van der Waals surface area contributed by atoms with Gasteiger partial charge in [0.15, 0.2) is 12.2 Å². The Bertz CT molecular complexity index is 2090. The Balaban J connectivity index is 5.27. The number of allylic oxidation sites excluding steroid dienone is 4. The molecule has 0 aromatic heterocycles. The van der Waals surface area contributed by atoms with E-state index < -0.39 is 97.5 Å². The van der Waals surface area contributed by atoms with Gasteiger partial charge in [0.05, 0.1) is 26.4 Å². The monoisotopic (exact) mass is 1520 g/mol. The second-order valence-corrected chi connectivity index (χ2v) is 33.5. The van der Waals surface area contributed by atoms with Crippen molar-refractivity contribution in [1.82, 2.24) is 0 Å². The normalized spacial score (nSPS) is 14.2. The number of hydrogen-bond donors (Lipinski definition) is 3. The lowest BCUT2D eigenvalue weighted by molar-refractivity contribution is -0.161. The van der Waals surface area contributed by atoms with Crippen molar-refractivity contribution in [3.05, 3.63) is 24.3 Å². The summed E-state index contributed by atoms with van der Waals surface area (Å²) in [7, 11) is -9.94. The lowest BCUT2D eigenvalue weighted by atomic mass is 9.99. The maximum atomic E-state index is 13.1. The zero-order chi connectivity index (χ0) is 76.4. The van der Waals surface area contributed by atoms with Gasteiger partial charge in [-0.1, -0.05) is 374 Å². The first-order valence-electron chi connectivity index (χ1n) is 43.3. The Hall–Kier alpha value is -2.46. The Morgan fingerprint density at radius 2 is 0.567 bits per heavy atom. The lowest BCUT2D eigenvalue weighted by Gasteiger charge is -2.21. The minimum atomic E-state index is -4.97. The van der Waals surface area contributed by atoms with Crippen molar-refractivity contribution in [2.75, 3.05) is 39.6 Å². The molecule has 0 aliphatic rings. The smallest absolute Gasteiger partial charge is 0.462 e. The molecule has 0 aromatic carbocycles. The Labute approximate surface area is 637 Å². The predicted molar refractivity (Wildman–Crippen MR) is 427 cm³/mol. The first kappa shape index (κ1) is 102. The molecule has 0 spiro atoms. The van der Waals surface area contributed by atoms with E-state index in [-0.39, 0.29) is 25.7 Å². The molecule has 0 aromatic rings. The number of rotatable bonds is 82. The van der Waals surface area contributed by atoms with E-state index in [4.69, 9.17) is 37.0 Å². The van der Waals surface area contributed by atoms with Gasteiger partial charge >= 0.3 is 39.5 Å². The van der Waals surface area contributed by atoms with Crippen molar-refractivity contribution in [3.8, 4) is 0 Å². The molecule has 17 nitrogen and oxygen atoms in total. The van der Waals surface area contributed by atoms with Crippen LogP contribution in [0.25, 0.3) is 0 Å². The number of unbranched alkanes of at least 4 members (excludes halogenated alkanes) is 48. The van der Waals surface area contributed by atoms with Crippen molar-refractivity contribution < 1.29 is 80.2 Å². The fourth-order valence-electron chi connectivity index (χ4n) is 12.7. The third-order valence-corrected chi connectivity index (χ3v) is 21.6. The number of phosphoric acid groups is 2. The van der Waals surface area contributed by atoms with E-state index in [9.17, 15) is 43.2 Å². The molecule has 0 radical (unpaired) electrons. The van der Waals surface area contributed by atoms with E-state index in [0.29, 0.717) is 25.7 Å². The molecule has 104 heavy (non-hydrogen) atoms. The number of esters is 4. The number of phosphoric ester groups is 2.